The van der Waals surface area contributed by atoms with Crippen LogP contribution in [-0.4, -0.2) is 35.0 Å². The predicted molar refractivity (Wildman–Crippen MR) is 97.8 cm³/mol. The van der Waals surface area contributed by atoms with Crippen LogP contribution in [0.4, 0.5) is 13.6 Å². The van der Waals surface area contributed by atoms with Gasteiger partial charge in [0.2, 0.25) is 0 Å². The van der Waals surface area contributed by atoms with E-state index in [-0.39, 0.29) is 23.6 Å². The molecule has 1 heterocycles. The molecule has 1 aliphatic heterocycles. The predicted octanol–water partition coefficient (Wildman–Crippen LogP) is 3.43. The molecule has 0 aliphatic carbocycles. The molecular formula is C19H14F2N2O3S. The lowest BCUT2D eigenvalue weighted by Gasteiger charge is -2.13. The molecule has 1 fully saturated rings. The molecule has 1 N–H and O–H groups in total. The van der Waals surface area contributed by atoms with Gasteiger partial charge in [-0.2, -0.15) is 0 Å². The van der Waals surface area contributed by atoms with Gasteiger partial charge in [0.15, 0.2) is 0 Å². The molecule has 0 bridgehead atoms. The molecule has 5 nitrogen and oxygen atoms in total. The quantitative estimate of drug-likeness (QED) is 0.797. The van der Waals surface area contributed by atoms with Crippen molar-refractivity contribution in [3.8, 4) is 0 Å². The minimum atomic E-state index is -0.650. The minimum absolute atomic E-state index is 0.00492. The highest BCUT2D eigenvalue weighted by Gasteiger charge is 2.34. The third-order valence-electron chi connectivity index (χ3n) is 3.78. The average Bonchev–Trinajstić information content (AvgIpc) is 2.91. The summed E-state index contributed by atoms with van der Waals surface area (Å²) in [6.45, 7) is -0.0410. The Balaban J connectivity index is 1.60. The van der Waals surface area contributed by atoms with Gasteiger partial charge in [-0.3, -0.25) is 19.3 Å². The Bertz CT molecular complexity index is 929. The Labute approximate surface area is 158 Å². The molecular weight excluding hydrogens is 374 g/mol. The molecule has 2 aromatic rings. The second-order valence-corrected chi connectivity index (χ2v) is 6.61. The largest absolute Gasteiger partial charge is 0.350 e. The number of carbonyl (C=O) groups excluding carboxylic acids is 3. The molecule has 27 heavy (non-hydrogen) atoms. The number of hydrogen-bond acceptors (Lipinski definition) is 4. The van der Waals surface area contributed by atoms with Crippen molar-refractivity contribution >= 4 is 34.9 Å². The van der Waals surface area contributed by atoms with Crippen LogP contribution in [0.2, 0.25) is 0 Å². The summed E-state index contributed by atoms with van der Waals surface area (Å²) in [5, 5.41) is 2.02. The lowest BCUT2D eigenvalue weighted by molar-refractivity contribution is -0.122. The molecule has 0 radical (unpaired) electrons. The number of rotatable bonds is 5. The molecule has 0 aromatic heterocycles. The molecule has 3 rings (SSSR count). The highest BCUT2D eigenvalue weighted by Crippen LogP contribution is 2.31. The third-order valence-corrected chi connectivity index (χ3v) is 4.69. The van der Waals surface area contributed by atoms with Crippen LogP contribution in [0, 0.1) is 11.6 Å². The van der Waals surface area contributed by atoms with Crippen LogP contribution >= 0.6 is 11.8 Å². The van der Waals surface area contributed by atoms with E-state index in [0.29, 0.717) is 5.56 Å². The normalized spacial score (nSPS) is 15.5. The van der Waals surface area contributed by atoms with E-state index in [1.807, 2.05) is 0 Å². The van der Waals surface area contributed by atoms with Crippen LogP contribution in [-0.2, 0) is 4.79 Å². The number of hydrogen-bond donors (Lipinski definition) is 1. The highest BCUT2D eigenvalue weighted by molar-refractivity contribution is 8.18. The first kappa shape index (κ1) is 18.8. The Morgan fingerprint density at radius 2 is 1.78 bits per heavy atom. The second kappa shape index (κ2) is 8.13. The Hall–Kier alpha value is -3.00. The van der Waals surface area contributed by atoms with E-state index in [9.17, 15) is 23.2 Å². The van der Waals surface area contributed by atoms with Crippen LogP contribution in [0.15, 0.2) is 53.4 Å². The first-order chi connectivity index (χ1) is 13.0. The van der Waals surface area contributed by atoms with Crippen LogP contribution in [0.25, 0.3) is 6.08 Å². The first-order valence-corrected chi connectivity index (χ1v) is 8.81. The van der Waals surface area contributed by atoms with Gasteiger partial charge in [-0.15, -0.1) is 0 Å². The van der Waals surface area contributed by atoms with Gasteiger partial charge >= 0.3 is 0 Å². The summed E-state index contributed by atoms with van der Waals surface area (Å²) in [7, 11) is 0. The summed E-state index contributed by atoms with van der Waals surface area (Å²) in [6.07, 6.45) is 1.50. The number of benzene rings is 2. The maximum absolute atomic E-state index is 13.6. The van der Waals surface area contributed by atoms with E-state index in [4.69, 9.17) is 0 Å². The lowest BCUT2D eigenvalue weighted by Crippen LogP contribution is -2.37. The molecule has 1 aliphatic rings. The van der Waals surface area contributed by atoms with Crippen LogP contribution in [0.1, 0.15) is 15.9 Å². The van der Waals surface area contributed by atoms with Crippen molar-refractivity contribution < 1.29 is 23.2 Å². The van der Waals surface area contributed by atoms with E-state index >= 15 is 0 Å². The summed E-state index contributed by atoms with van der Waals surface area (Å²) >= 11 is 0.771. The molecule has 0 spiro atoms. The Morgan fingerprint density at radius 3 is 2.48 bits per heavy atom. The van der Waals surface area contributed by atoms with Gasteiger partial charge in [0.05, 0.1) is 10.5 Å². The maximum atomic E-state index is 13.6. The number of nitrogens with one attached hydrogen (secondary N) is 1. The second-order valence-electron chi connectivity index (χ2n) is 5.62. The van der Waals surface area contributed by atoms with E-state index in [0.717, 1.165) is 16.7 Å². The van der Waals surface area contributed by atoms with Gasteiger partial charge < -0.3 is 5.32 Å². The summed E-state index contributed by atoms with van der Waals surface area (Å²) < 4.78 is 26.5. The van der Waals surface area contributed by atoms with E-state index in [1.165, 1.54) is 54.6 Å². The first-order valence-electron chi connectivity index (χ1n) is 7.99. The van der Waals surface area contributed by atoms with Crippen molar-refractivity contribution in [1.82, 2.24) is 10.2 Å². The van der Waals surface area contributed by atoms with Crippen molar-refractivity contribution in [2.75, 3.05) is 13.1 Å². The molecule has 0 saturated carbocycles. The topological polar surface area (TPSA) is 66.5 Å². The number of thioether (sulfide) groups is 1. The zero-order valence-corrected chi connectivity index (χ0v) is 14.8. The Morgan fingerprint density at radius 1 is 1.07 bits per heavy atom. The number of carbonyl (C=O) groups is 3. The third kappa shape index (κ3) is 4.40. The molecule has 1 saturated heterocycles. The van der Waals surface area contributed by atoms with Gasteiger partial charge in [0, 0.05) is 13.1 Å². The summed E-state index contributed by atoms with van der Waals surface area (Å²) in [5.41, 5.74) is 0.484. The zero-order valence-electron chi connectivity index (χ0n) is 13.9. The van der Waals surface area contributed by atoms with Crippen LogP contribution < -0.4 is 5.32 Å². The van der Waals surface area contributed by atoms with Crippen molar-refractivity contribution in [1.29, 1.82) is 0 Å². The number of imide groups is 1. The summed E-state index contributed by atoms with van der Waals surface area (Å²) in [4.78, 5) is 37.6. The van der Waals surface area contributed by atoms with E-state index < -0.39 is 28.7 Å². The van der Waals surface area contributed by atoms with Crippen molar-refractivity contribution in [3.63, 3.8) is 0 Å². The highest BCUT2D eigenvalue weighted by atomic mass is 32.2. The molecule has 8 heteroatoms. The van der Waals surface area contributed by atoms with Gasteiger partial charge in [0.25, 0.3) is 17.1 Å². The standard InChI is InChI=1S/C19H14F2N2O3S/c20-13-7-5-12(6-8-13)11-16-18(25)23(19(26)27-16)10-9-22-17(24)14-3-1-2-4-15(14)21/h1-8,11H,9-10H2,(H,22,24)/b16-11-. The monoisotopic (exact) mass is 388 g/mol. The maximum Gasteiger partial charge on any atom is 0.293 e. The minimum Gasteiger partial charge on any atom is -0.350 e. The zero-order chi connectivity index (χ0) is 19.4. The van der Waals surface area contributed by atoms with Gasteiger partial charge in [-0.05, 0) is 47.7 Å². The smallest absolute Gasteiger partial charge is 0.293 e. The Kier molecular flexibility index (Phi) is 5.66. The molecule has 0 atom stereocenters. The molecule has 3 amide bonds. The molecule has 138 valence electrons. The van der Waals surface area contributed by atoms with Crippen molar-refractivity contribution in [2.45, 2.75) is 0 Å². The van der Waals surface area contributed by atoms with Crippen molar-refractivity contribution in [2.24, 2.45) is 0 Å². The number of amides is 3. The summed E-state index contributed by atoms with van der Waals surface area (Å²) in [5.74, 6) is -2.16. The fraction of sp³-hybridized carbons (Fsp3) is 0.105. The average molecular weight is 388 g/mol. The van der Waals surface area contributed by atoms with Crippen molar-refractivity contribution in [3.05, 3.63) is 76.2 Å². The van der Waals surface area contributed by atoms with E-state index in [2.05, 4.69) is 5.32 Å². The fourth-order valence-corrected chi connectivity index (χ4v) is 3.29. The van der Waals surface area contributed by atoms with Gasteiger partial charge in [-0.25, -0.2) is 8.78 Å². The molecule has 0 unspecified atom stereocenters. The SMILES string of the molecule is O=C(NCCN1C(=O)S/C(=C\c2ccc(F)cc2)C1=O)c1ccccc1F. The number of halogens is 2. The van der Waals surface area contributed by atoms with Gasteiger partial charge in [-0.1, -0.05) is 24.3 Å². The fourth-order valence-electron chi connectivity index (χ4n) is 2.42. The van der Waals surface area contributed by atoms with Gasteiger partial charge in [0.1, 0.15) is 11.6 Å². The number of nitrogens with zero attached hydrogens (tertiary/aromatic N) is 1. The van der Waals surface area contributed by atoms with E-state index in [1.54, 1.807) is 0 Å². The van der Waals surface area contributed by atoms with Crippen LogP contribution in [0.5, 0.6) is 0 Å². The summed E-state index contributed by atoms with van der Waals surface area (Å²) in [6, 6.07) is 11.0. The molecule has 2 aromatic carbocycles. The lowest BCUT2D eigenvalue weighted by atomic mass is 10.2. The van der Waals surface area contributed by atoms with Crippen LogP contribution in [0.3, 0.4) is 0 Å².